The molecule has 1 atom stereocenters. The van der Waals surface area contributed by atoms with Crippen LogP contribution in [0.1, 0.15) is 36.2 Å². The molecule has 0 saturated heterocycles. The molecule has 1 aromatic rings. The fourth-order valence-electron chi connectivity index (χ4n) is 1.82. The molecule has 1 aromatic heterocycles. The second kappa shape index (κ2) is 8.66. The van der Waals surface area contributed by atoms with Gasteiger partial charge >= 0.3 is 5.97 Å². The first-order valence-electron chi connectivity index (χ1n) is 6.16. The van der Waals surface area contributed by atoms with Crippen LogP contribution >= 0.6 is 31.9 Å². The highest BCUT2D eigenvalue weighted by Gasteiger charge is 2.10. The predicted octanol–water partition coefficient (Wildman–Crippen LogP) is 3.00. The van der Waals surface area contributed by atoms with Crippen LogP contribution < -0.4 is 5.73 Å². The van der Waals surface area contributed by atoms with E-state index >= 15 is 0 Å². The maximum absolute atomic E-state index is 10.6. The van der Waals surface area contributed by atoms with Crippen LogP contribution in [0.3, 0.4) is 0 Å². The minimum Gasteiger partial charge on any atom is -0.480 e. The van der Waals surface area contributed by atoms with E-state index in [9.17, 15) is 4.79 Å². The quantitative estimate of drug-likeness (QED) is 0.525. The number of pyridine rings is 1. The number of carbonyl (C=O) groups is 1. The summed E-state index contributed by atoms with van der Waals surface area (Å²) in [5.74, 6) is -0.924. The first-order chi connectivity index (χ1) is 9.06. The van der Waals surface area contributed by atoms with Gasteiger partial charge in [0, 0.05) is 10.7 Å². The molecule has 1 rings (SSSR count). The summed E-state index contributed by atoms with van der Waals surface area (Å²) < 4.78 is 0. The standard InChI is InChI=1S/C13H18Br2N2O2/c14-7-10-5-9(6-11(8-15)17-10)3-1-2-4-12(16)13(18)19/h5-6,12H,1-4,7-8,16H2,(H,18,19). The predicted molar refractivity (Wildman–Crippen MR) is 82.7 cm³/mol. The van der Waals surface area contributed by atoms with Crippen molar-refractivity contribution in [2.45, 2.75) is 42.4 Å². The average Bonchev–Trinajstić information content (AvgIpc) is 2.42. The molecule has 0 aliphatic heterocycles. The van der Waals surface area contributed by atoms with Crippen LogP contribution in [0.4, 0.5) is 0 Å². The van der Waals surface area contributed by atoms with Crippen molar-refractivity contribution in [3.05, 3.63) is 29.1 Å². The van der Waals surface area contributed by atoms with E-state index < -0.39 is 12.0 Å². The van der Waals surface area contributed by atoms with E-state index in [1.54, 1.807) is 0 Å². The molecule has 1 heterocycles. The molecule has 0 radical (unpaired) electrons. The number of rotatable bonds is 8. The number of hydrogen-bond acceptors (Lipinski definition) is 3. The molecule has 0 aromatic carbocycles. The smallest absolute Gasteiger partial charge is 0.320 e. The Morgan fingerprint density at radius 3 is 2.32 bits per heavy atom. The van der Waals surface area contributed by atoms with E-state index in [-0.39, 0.29) is 0 Å². The Bertz CT molecular complexity index is 405. The van der Waals surface area contributed by atoms with E-state index in [0.29, 0.717) is 6.42 Å². The highest BCUT2D eigenvalue weighted by atomic mass is 79.9. The molecular weight excluding hydrogens is 376 g/mol. The SMILES string of the molecule is NC(CCCCc1cc(CBr)nc(CBr)c1)C(=O)O. The van der Waals surface area contributed by atoms with Gasteiger partial charge in [-0.05, 0) is 37.0 Å². The number of nitrogens with zero attached hydrogens (tertiary/aromatic N) is 1. The van der Waals surface area contributed by atoms with Gasteiger partial charge in [0.1, 0.15) is 6.04 Å². The van der Waals surface area contributed by atoms with Gasteiger partial charge in [-0.3, -0.25) is 9.78 Å². The Kier molecular flexibility index (Phi) is 7.56. The van der Waals surface area contributed by atoms with Crippen molar-refractivity contribution in [3.63, 3.8) is 0 Å². The molecule has 0 amide bonds. The molecule has 0 fully saturated rings. The fraction of sp³-hybridized carbons (Fsp3) is 0.538. The van der Waals surface area contributed by atoms with Gasteiger partial charge in [0.25, 0.3) is 0 Å². The van der Waals surface area contributed by atoms with Gasteiger partial charge in [0.2, 0.25) is 0 Å². The highest BCUT2D eigenvalue weighted by molar-refractivity contribution is 9.08. The lowest BCUT2D eigenvalue weighted by Crippen LogP contribution is -2.29. The molecule has 0 saturated carbocycles. The second-order valence-corrected chi connectivity index (χ2v) is 5.54. The van der Waals surface area contributed by atoms with Gasteiger partial charge in [0.15, 0.2) is 0 Å². The molecule has 1 unspecified atom stereocenters. The number of halogens is 2. The van der Waals surface area contributed by atoms with Gasteiger partial charge in [-0.15, -0.1) is 0 Å². The molecule has 3 N–H and O–H groups in total. The van der Waals surface area contributed by atoms with Crippen LogP contribution in [0.25, 0.3) is 0 Å². The van der Waals surface area contributed by atoms with Crippen LogP contribution in [-0.4, -0.2) is 22.1 Å². The Morgan fingerprint density at radius 2 is 1.84 bits per heavy atom. The van der Waals surface area contributed by atoms with Gasteiger partial charge in [-0.1, -0.05) is 38.3 Å². The molecule has 0 aliphatic carbocycles. The Morgan fingerprint density at radius 1 is 1.26 bits per heavy atom. The average molecular weight is 394 g/mol. The second-order valence-electron chi connectivity index (χ2n) is 4.42. The summed E-state index contributed by atoms with van der Waals surface area (Å²) in [6, 6.07) is 3.42. The van der Waals surface area contributed by atoms with Gasteiger partial charge in [-0.25, -0.2) is 0 Å². The van der Waals surface area contributed by atoms with Gasteiger partial charge in [-0.2, -0.15) is 0 Å². The fourth-order valence-corrected chi connectivity index (χ4v) is 2.39. The monoisotopic (exact) mass is 392 g/mol. The first-order valence-corrected chi connectivity index (χ1v) is 8.40. The molecule has 106 valence electrons. The Balaban J connectivity index is 2.46. The zero-order valence-corrected chi connectivity index (χ0v) is 13.8. The summed E-state index contributed by atoms with van der Waals surface area (Å²) in [6.07, 6.45) is 3.21. The van der Waals surface area contributed by atoms with E-state index in [0.717, 1.165) is 41.3 Å². The summed E-state index contributed by atoms with van der Waals surface area (Å²) in [5.41, 5.74) is 8.75. The largest absolute Gasteiger partial charge is 0.480 e. The third-order valence-corrected chi connectivity index (χ3v) is 3.96. The Labute approximate surface area is 130 Å². The number of carboxylic acid groups (broad SMARTS) is 1. The van der Waals surface area contributed by atoms with Gasteiger partial charge in [0.05, 0.1) is 11.4 Å². The topological polar surface area (TPSA) is 76.2 Å². The Hall–Kier alpha value is -0.460. The van der Waals surface area contributed by atoms with Crippen molar-refractivity contribution in [1.29, 1.82) is 0 Å². The minimum absolute atomic E-state index is 0.525. The van der Waals surface area contributed by atoms with Crippen molar-refractivity contribution in [2.24, 2.45) is 5.73 Å². The minimum atomic E-state index is -0.924. The number of aryl methyl sites for hydroxylation is 1. The number of nitrogens with two attached hydrogens (primary N) is 1. The number of unbranched alkanes of at least 4 members (excludes halogenated alkanes) is 1. The molecule has 0 aliphatic rings. The number of aromatic nitrogens is 1. The lowest BCUT2D eigenvalue weighted by molar-refractivity contribution is -0.138. The molecule has 19 heavy (non-hydrogen) atoms. The summed E-state index contributed by atoms with van der Waals surface area (Å²) >= 11 is 6.82. The van der Waals surface area contributed by atoms with Crippen molar-refractivity contribution in [1.82, 2.24) is 4.98 Å². The van der Waals surface area contributed by atoms with Crippen LogP contribution in [-0.2, 0) is 21.9 Å². The molecule has 0 bridgehead atoms. The van der Waals surface area contributed by atoms with E-state index in [2.05, 4.69) is 49.0 Å². The van der Waals surface area contributed by atoms with Crippen molar-refractivity contribution < 1.29 is 9.90 Å². The van der Waals surface area contributed by atoms with Crippen molar-refractivity contribution in [3.8, 4) is 0 Å². The third-order valence-electron chi connectivity index (χ3n) is 2.81. The van der Waals surface area contributed by atoms with Crippen LogP contribution in [0.15, 0.2) is 12.1 Å². The van der Waals surface area contributed by atoms with Crippen LogP contribution in [0.2, 0.25) is 0 Å². The lowest BCUT2D eigenvalue weighted by Gasteiger charge is -2.08. The molecule has 4 nitrogen and oxygen atoms in total. The van der Waals surface area contributed by atoms with Crippen molar-refractivity contribution in [2.75, 3.05) is 0 Å². The molecule has 0 spiro atoms. The summed E-state index contributed by atoms with van der Waals surface area (Å²) in [6.45, 7) is 0. The normalized spacial score (nSPS) is 12.4. The highest BCUT2D eigenvalue weighted by Crippen LogP contribution is 2.14. The zero-order valence-electron chi connectivity index (χ0n) is 10.6. The summed E-state index contributed by atoms with van der Waals surface area (Å²) in [5, 5.41) is 10.2. The number of carboxylic acids is 1. The molecule has 6 heteroatoms. The molecular formula is C13H18Br2N2O2. The summed E-state index contributed by atoms with van der Waals surface area (Å²) in [4.78, 5) is 15.0. The zero-order chi connectivity index (χ0) is 14.3. The summed E-state index contributed by atoms with van der Waals surface area (Å²) in [7, 11) is 0. The van der Waals surface area contributed by atoms with Crippen molar-refractivity contribution >= 4 is 37.8 Å². The number of alkyl halides is 2. The first kappa shape index (κ1) is 16.6. The lowest BCUT2D eigenvalue weighted by atomic mass is 10.0. The van der Waals surface area contributed by atoms with Crippen LogP contribution in [0.5, 0.6) is 0 Å². The number of aliphatic carboxylic acids is 1. The van der Waals surface area contributed by atoms with E-state index in [1.165, 1.54) is 5.56 Å². The number of hydrogen-bond donors (Lipinski definition) is 2. The van der Waals surface area contributed by atoms with E-state index in [4.69, 9.17) is 10.8 Å². The van der Waals surface area contributed by atoms with Gasteiger partial charge < -0.3 is 10.8 Å². The van der Waals surface area contributed by atoms with E-state index in [1.807, 2.05) is 0 Å². The maximum atomic E-state index is 10.6. The van der Waals surface area contributed by atoms with Crippen LogP contribution in [0, 0.1) is 0 Å². The maximum Gasteiger partial charge on any atom is 0.320 e. The third kappa shape index (κ3) is 6.01.